The molecule has 0 spiro atoms. The Labute approximate surface area is 176 Å². The maximum atomic E-state index is 9.36. The Balaban J connectivity index is 1.29. The molecule has 6 nitrogen and oxygen atoms in total. The third kappa shape index (κ3) is 4.15. The van der Waals surface area contributed by atoms with Crippen LogP contribution in [0.3, 0.4) is 0 Å². The van der Waals surface area contributed by atoms with Gasteiger partial charge in [0.25, 0.3) is 0 Å². The van der Waals surface area contributed by atoms with Crippen LogP contribution < -0.4 is 4.74 Å². The third-order valence-corrected chi connectivity index (χ3v) is 8.13. The molecule has 158 valence electrons. The van der Waals surface area contributed by atoms with Crippen LogP contribution in [0.1, 0.15) is 49.0 Å². The number of rotatable bonds is 5. The van der Waals surface area contributed by atoms with E-state index in [1.54, 1.807) is 17.7 Å². The van der Waals surface area contributed by atoms with Gasteiger partial charge in [-0.05, 0) is 62.8 Å². The van der Waals surface area contributed by atoms with Crippen molar-refractivity contribution in [1.29, 1.82) is 0 Å². The van der Waals surface area contributed by atoms with Crippen LogP contribution in [0.25, 0.3) is 10.2 Å². The molecule has 0 radical (unpaired) electrons. The van der Waals surface area contributed by atoms with Crippen molar-refractivity contribution in [3.63, 3.8) is 0 Å². The number of hydrogen-bond donors (Lipinski definition) is 1. The minimum Gasteiger partial charge on any atom is -0.474 e. The predicted molar refractivity (Wildman–Crippen MR) is 114 cm³/mol. The van der Waals surface area contributed by atoms with Crippen LogP contribution >= 0.6 is 11.3 Å². The van der Waals surface area contributed by atoms with Crippen molar-refractivity contribution >= 4 is 21.6 Å². The van der Waals surface area contributed by atoms with Gasteiger partial charge in [-0.2, -0.15) is 0 Å². The van der Waals surface area contributed by atoms with Gasteiger partial charge in [-0.15, -0.1) is 11.3 Å². The molecule has 7 heteroatoms. The van der Waals surface area contributed by atoms with Crippen molar-refractivity contribution < 1.29 is 14.6 Å². The molecule has 5 rings (SSSR count). The fraction of sp³-hybridized carbons (Fsp3) is 0.727. The highest BCUT2D eigenvalue weighted by Gasteiger charge is 2.30. The van der Waals surface area contributed by atoms with Crippen LogP contribution in [-0.4, -0.2) is 65.0 Å². The summed E-state index contributed by atoms with van der Waals surface area (Å²) in [5.41, 5.74) is 1.38. The zero-order valence-corrected chi connectivity index (χ0v) is 17.8. The third-order valence-electron chi connectivity index (χ3n) is 6.93. The van der Waals surface area contributed by atoms with Crippen molar-refractivity contribution in [2.45, 2.75) is 63.5 Å². The molecule has 3 aliphatic rings. The average molecular weight is 418 g/mol. The molecule has 1 N–H and O–H groups in total. The molecule has 2 fully saturated rings. The zero-order valence-electron chi connectivity index (χ0n) is 17.0. The minimum absolute atomic E-state index is 0.248. The summed E-state index contributed by atoms with van der Waals surface area (Å²) in [5.74, 6) is 1.34. The average Bonchev–Trinajstić information content (AvgIpc) is 3.14. The number of morpholine rings is 1. The number of nitrogens with zero attached hydrogens (tertiary/aromatic N) is 3. The topological polar surface area (TPSA) is 67.7 Å². The first-order chi connectivity index (χ1) is 14.3. The molecule has 1 atom stereocenters. The van der Waals surface area contributed by atoms with Gasteiger partial charge in [0.15, 0.2) is 0 Å². The molecule has 2 aromatic heterocycles. The van der Waals surface area contributed by atoms with E-state index >= 15 is 0 Å². The van der Waals surface area contributed by atoms with E-state index in [0.29, 0.717) is 12.0 Å². The Morgan fingerprint density at radius 2 is 1.97 bits per heavy atom. The van der Waals surface area contributed by atoms with Crippen LogP contribution in [0.4, 0.5) is 0 Å². The Hall–Kier alpha value is -1.28. The molecule has 1 aliphatic heterocycles. The van der Waals surface area contributed by atoms with E-state index in [9.17, 15) is 5.11 Å². The van der Waals surface area contributed by atoms with E-state index < -0.39 is 0 Å². The number of aryl methyl sites for hydroxylation is 1. The Kier molecular flexibility index (Phi) is 5.99. The molecule has 1 unspecified atom stereocenters. The summed E-state index contributed by atoms with van der Waals surface area (Å²) in [6, 6.07) is 0.678. The van der Waals surface area contributed by atoms with Crippen molar-refractivity contribution in [2.24, 2.45) is 5.92 Å². The lowest BCUT2D eigenvalue weighted by atomic mass is 9.85. The summed E-state index contributed by atoms with van der Waals surface area (Å²) in [6.07, 6.45) is 10.6. The highest BCUT2D eigenvalue weighted by atomic mass is 32.1. The number of fused-ring (bicyclic) bond motifs is 3. The molecule has 3 heterocycles. The number of thiophene rings is 1. The highest BCUT2D eigenvalue weighted by molar-refractivity contribution is 7.18. The van der Waals surface area contributed by atoms with Gasteiger partial charge in [0.2, 0.25) is 5.88 Å². The standard InChI is InChI=1S/C22H31N3O3S/c26-10-7-15-1-6-19-18(13-15)20-21(23-14-24-22(20)29-19)28-17-4-2-16(3-5-17)25-8-11-27-12-9-25/h14-17,26H,1-13H2. The Morgan fingerprint density at radius 1 is 1.14 bits per heavy atom. The summed E-state index contributed by atoms with van der Waals surface area (Å²) in [4.78, 5) is 14.2. The molecule has 0 bridgehead atoms. The van der Waals surface area contributed by atoms with Gasteiger partial charge >= 0.3 is 0 Å². The maximum absolute atomic E-state index is 9.36. The number of hydrogen-bond acceptors (Lipinski definition) is 7. The largest absolute Gasteiger partial charge is 0.474 e. The van der Waals surface area contributed by atoms with Crippen LogP contribution in [-0.2, 0) is 17.6 Å². The summed E-state index contributed by atoms with van der Waals surface area (Å²) < 4.78 is 12.0. The number of ether oxygens (including phenoxy) is 2. The van der Waals surface area contributed by atoms with E-state index in [0.717, 1.165) is 80.9 Å². The van der Waals surface area contributed by atoms with Gasteiger partial charge in [0.1, 0.15) is 17.3 Å². The first kappa shape index (κ1) is 19.7. The summed E-state index contributed by atoms with van der Waals surface area (Å²) >= 11 is 1.80. The highest BCUT2D eigenvalue weighted by Crippen LogP contribution is 2.41. The second kappa shape index (κ2) is 8.84. The summed E-state index contributed by atoms with van der Waals surface area (Å²) in [6.45, 7) is 4.15. The predicted octanol–water partition coefficient (Wildman–Crippen LogP) is 3.20. The first-order valence-corrected chi connectivity index (χ1v) is 12.0. The lowest BCUT2D eigenvalue weighted by molar-refractivity contribution is -0.00126. The van der Waals surface area contributed by atoms with E-state index in [2.05, 4.69) is 14.9 Å². The molecule has 2 aliphatic carbocycles. The molecule has 0 amide bonds. The van der Waals surface area contributed by atoms with Crippen molar-refractivity contribution in [2.75, 3.05) is 32.9 Å². The lowest BCUT2D eigenvalue weighted by Gasteiger charge is -2.38. The van der Waals surface area contributed by atoms with Gasteiger partial charge in [-0.3, -0.25) is 4.90 Å². The van der Waals surface area contributed by atoms with E-state index in [-0.39, 0.29) is 12.7 Å². The Morgan fingerprint density at radius 3 is 2.76 bits per heavy atom. The quantitative estimate of drug-likeness (QED) is 0.806. The van der Waals surface area contributed by atoms with Gasteiger partial charge in [-0.25, -0.2) is 9.97 Å². The van der Waals surface area contributed by atoms with Crippen molar-refractivity contribution in [3.8, 4) is 5.88 Å². The normalized spacial score (nSPS) is 28.4. The van der Waals surface area contributed by atoms with Crippen molar-refractivity contribution in [1.82, 2.24) is 14.9 Å². The fourth-order valence-electron chi connectivity index (χ4n) is 5.30. The summed E-state index contributed by atoms with van der Waals surface area (Å²) in [7, 11) is 0. The van der Waals surface area contributed by atoms with Crippen LogP contribution in [0.15, 0.2) is 6.33 Å². The molecule has 1 saturated heterocycles. The van der Waals surface area contributed by atoms with E-state index in [4.69, 9.17) is 9.47 Å². The first-order valence-electron chi connectivity index (χ1n) is 11.2. The summed E-state index contributed by atoms with van der Waals surface area (Å²) in [5, 5.41) is 10.5. The molecule has 29 heavy (non-hydrogen) atoms. The lowest BCUT2D eigenvalue weighted by Crippen LogP contribution is -2.46. The minimum atomic E-state index is 0.248. The van der Waals surface area contributed by atoms with Gasteiger partial charge in [0, 0.05) is 30.6 Å². The molecular weight excluding hydrogens is 386 g/mol. The Bertz CT molecular complexity index is 828. The zero-order chi connectivity index (χ0) is 19.6. The smallest absolute Gasteiger partial charge is 0.225 e. The second-order valence-corrected chi connectivity index (χ2v) is 9.76. The number of aromatic nitrogens is 2. The SMILES string of the molecule is OCCC1CCc2sc3ncnc(OC4CCC(N5CCOCC5)CC4)c3c2C1. The molecule has 1 saturated carbocycles. The molecular formula is C22H31N3O3S. The van der Waals surface area contributed by atoms with Gasteiger partial charge < -0.3 is 14.6 Å². The maximum Gasteiger partial charge on any atom is 0.225 e. The molecule has 0 aromatic carbocycles. The van der Waals surface area contributed by atoms with Gasteiger partial charge in [-0.1, -0.05) is 0 Å². The van der Waals surface area contributed by atoms with E-state index in [1.165, 1.54) is 23.3 Å². The van der Waals surface area contributed by atoms with Crippen LogP contribution in [0, 0.1) is 5.92 Å². The number of aliphatic hydroxyl groups is 1. The fourth-order valence-corrected chi connectivity index (χ4v) is 6.47. The number of aliphatic hydroxyl groups excluding tert-OH is 1. The van der Waals surface area contributed by atoms with Crippen molar-refractivity contribution in [3.05, 3.63) is 16.8 Å². The monoisotopic (exact) mass is 417 g/mol. The molecule has 2 aromatic rings. The van der Waals surface area contributed by atoms with Crippen LogP contribution in [0.5, 0.6) is 5.88 Å². The second-order valence-electron chi connectivity index (χ2n) is 8.68. The van der Waals surface area contributed by atoms with Crippen LogP contribution in [0.2, 0.25) is 0 Å². The van der Waals surface area contributed by atoms with Gasteiger partial charge in [0.05, 0.1) is 18.6 Å². The van der Waals surface area contributed by atoms with E-state index in [1.807, 2.05) is 0 Å².